The highest BCUT2D eigenvalue weighted by Gasteiger charge is 2.40. The molecule has 0 spiro atoms. The number of benzene rings is 1. The Labute approximate surface area is 297 Å². The van der Waals surface area contributed by atoms with Crippen molar-refractivity contribution < 1.29 is 47.7 Å². The molecule has 1 aliphatic heterocycles. The molecular formula is C29H38Cl2FN8O9P. The SMILES string of the molecule is CC(C)=C1OC(=O)N(c2cc(OC3CCCC3)c(Cl)cc2F)C1=O.CCNc1nc(Cl)nc(NC(C)(C)C#N)n1.O=C(O)CNCP(=O)(O)O. The number of aromatic nitrogens is 3. The van der Waals surface area contributed by atoms with Gasteiger partial charge in [0.25, 0.3) is 0 Å². The summed E-state index contributed by atoms with van der Waals surface area (Å²) in [7, 11) is -4.10. The lowest BCUT2D eigenvalue weighted by molar-refractivity contribution is -0.135. The average Bonchev–Trinajstić information content (AvgIpc) is 3.61. The van der Waals surface area contributed by atoms with E-state index in [0.717, 1.165) is 31.7 Å². The molecule has 1 saturated heterocycles. The maximum Gasteiger partial charge on any atom is 0.427 e. The van der Waals surface area contributed by atoms with Gasteiger partial charge in [0.15, 0.2) is 5.76 Å². The Morgan fingerprint density at radius 1 is 1.18 bits per heavy atom. The molecule has 0 atom stereocenters. The van der Waals surface area contributed by atoms with Crippen LogP contribution in [0.4, 0.5) is 26.8 Å². The summed E-state index contributed by atoms with van der Waals surface area (Å²) >= 11 is 11.8. The second-order valence-corrected chi connectivity index (χ2v) is 13.8. The number of ether oxygens (including phenoxy) is 2. The molecule has 1 aliphatic carbocycles. The lowest BCUT2D eigenvalue weighted by atomic mass is 10.1. The number of hydrogen-bond donors (Lipinski definition) is 6. The van der Waals surface area contributed by atoms with Crippen LogP contribution in [0.2, 0.25) is 10.3 Å². The first-order valence-corrected chi connectivity index (χ1v) is 17.5. The molecule has 2 amide bonds. The molecular weight excluding hydrogens is 725 g/mol. The van der Waals surface area contributed by atoms with Crippen molar-refractivity contribution in [1.82, 2.24) is 20.3 Å². The van der Waals surface area contributed by atoms with Gasteiger partial charge in [-0.3, -0.25) is 19.5 Å². The minimum Gasteiger partial charge on any atom is -0.489 e. The standard InChI is InChI=1S/C17H17ClFNO4.C9H13ClN6.C3H8NO5P/c1-9(2)15-16(21)20(17(22)24-15)13-8-14(11(18)7-12(13)19)23-10-5-3-4-6-10;1-4-12-7-13-6(10)14-8(15-7)16-9(2,3)5-11;5-3(6)1-4-2-10(7,8)9/h7-8,10H,3-6H2,1-2H3;4H2,1-3H3,(H2,12,13,14,15,16);4H,1-2H2,(H,5,6)(H2,7,8,9). The molecule has 1 aromatic carbocycles. The Hall–Kier alpha value is -4.11. The number of carboxylic acid groups (broad SMARTS) is 1. The minimum absolute atomic E-state index is 0.00962. The predicted octanol–water partition coefficient (Wildman–Crippen LogP) is 5.04. The fraction of sp³-hybridized carbons (Fsp3) is 0.483. The quantitative estimate of drug-likeness (QED) is 0.129. The molecule has 2 heterocycles. The monoisotopic (exact) mass is 762 g/mol. The zero-order chi connectivity index (χ0) is 37.8. The lowest BCUT2D eigenvalue weighted by Crippen LogP contribution is -2.29. The van der Waals surface area contributed by atoms with Gasteiger partial charge in [-0.05, 0) is 83.5 Å². The number of carbonyl (C=O) groups excluding carboxylic acids is 2. The summed E-state index contributed by atoms with van der Waals surface area (Å²) in [6, 6.07) is 4.41. The van der Waals surface area contributed by atoms with E-state index in [1.54, 1.807) is 27.7 Å². The number of amides is 2. The topological polar surface area (TPSA) is 249 Å². The molecule has 17 nitrogen and oxygen atoms in total. The zero-order valence-corrected chi connectivity index (χ0v) is 30.2. The van der Waals surface area contributed by atoms with Crippen molar-refractivity contribution in [3.8, 4) is 11.8 Å². The number of carboxylic acids is 1. The Morgan fingerprint density at radius 2 is 1.80 bits per heavy atom. The van der Waals surface area contributed by atoms with Crippen LogP contribution in [-0.2, 0) is 18.9 Å². The van der Waals surface area contributed by atoms with E-state index in [4.69, 9.17) is 52.8 Å². The molecule has 0 bridgehead atoms. The molecule has 1 saturated carbocycles. The normalized spacial score (nSPS) is 14.5. The maximum atomic E-state index is 14.3. The van der Waals surface area contributed by atoms with Gasteiger partial charge < -0.3 is 35.0 Å². The Bertz CT molecular complexity index is 1680. The summed E-state index contributed by atoms with van der Waals surface area (Å²) in [5, 5.41) is 24.9. The fourth-order valence-electron chi connectivity index (χ4n) is 4.11. The molecule has 1 aromatic heterocycles. The Balaban J connectivity index is 0.000000288. The predicted molar refractivity (Wildman–Crippen MR) is 181 cm³/mol. The van der Waals surface area contributed by atoms with E-state index in [-0.39, 0.29) is 39.6 Å². The van der Waals surface area contributed by atoms with E-state index in [1.165, 1.54) is 6.07 Å². The van der Waals surface area contributed by atoms with Crippen molar-refractivity contribution in [3.05, 3.63) is 39.6 Å². The first kappa shape index (κ1) is 42.1. The van der Waals surface area contributed by atoms with Crippen molar-refractivity contribution in [2.24, 2.45) is 0 Å². The first-order valence-electron chi connectivity index (χ1n) is 15.0. The van der Waals surface area contributed by atoms with Gasteiger partial charge in [-0.1, -0.05) is 11.6 Å². The van der Waals surface area contributed by atoms with E-state index in [1.807, 2.05) is 6.92 Å². The number of nitrogens with zero attached hydrogens (tertiary/aromatic N) is 5. The Kier molecular flexibility index (Phi) is 15.8. The zero-order valence-electron chi connectivity index (χ0n) is 27.8. The number of rotatable bonds is 11. The van der Waals surface area contributed by atoms with Crippen LogP contribution in [0.3, 0.4) is 0 Å². The number of anilines is 3. The van der Waals surface area contributed by atoms with E-state index < -0.39 is 49.8 Å². The van der Waals surface area contributed by atoms with Crippen LogP contribution in [0.1, 0.15) is 60.3 Å². The van der Waals surface area contributed by atoms with Crippen LogP contribution >= 0.6 is 30.8 Å². The van der Waals surface area contributed by atoms with Crippen LogP contribution < -0.4 is 25.6 Å². The number of cyclic esters (lactones) is 1. The van der Waals surface area contributed by atoms with Crippen LogP contribution in [0.25, 0.3) is 0 Å². The summed E-state index contributed by atoms with van der Waals surface area (Å²) in [6.45, 7) is 8.87. The van der Waals surface area contributed by atoms with Crippen molar-refractivity contribution in [2.45, 2.75) is 71.9 Å². The second kappa shape index (κ2) is 18.8. The molecule has 274 valence electrons. The summed E-state index contributed by atoms with van der Waals surface area (Å²) in [5.41, 5.74) is -0.444. The Morgan fingerprint density at radius 3 is 2.32 bits per heavy atom. The highest BCUT2D eigenvalue weighted by atomic mass is 35.5. The second-order valence-electron chi connectivity index (χ2n) is 11.4. The van der Waals surface area contributed by atoms with Gasteiger partial charge in [0, 0.05) is 12.6 Å². The van der Waals surface area contributed by atoms with Crippen LogP contribution in [0.5, 0.6) is 5.75 Å². The van der Waals surface area contributed by atoms with Gasteiger partial charge in [0.1, 0.15) is 17.1 Å². The average molecular weight is 764 g/mol. The molecule has 0 unspecified atom stereocenters. The van der Waals surface area contributed by atoms with Gasteiger partial charge in [-0.25, -0.2) is 14.1 Å². The van der Waals surface area contributed by atoms with Crippen molar-refractivity contribution in [1.29, 1.82) is 5.26 Å². The fourth-order valence-corrected chi connectivity index (χ4v) is 4.87. The van der Waals surface area contributed by atoms with Gasteiger partial charge in [0.2, 0.25) is 17.2 Å². The number of halogens is 3. The van der Waals surface area contributed by atoms with Crippen molar-refractivity contribution >= 4 is 66.4 Å². The molecule has 4 rings (SSSR count). The van der Waals surface area contributed by atoms with E-state index in [0.29, 0.717) is 23.0 Å². The third kappa shape index (κ3) is 13.7. The lowest BCUT2D eigenvalue weighted by Gasteiger charge is -2.18. The minimum atomic E-state index is -4.10. The third-order valence-corrected chi connectivity index (χ3v) is 7.40. The maximum absolute atomic E-state index is 14.3. The molecule has 0 radical (unpaired) electrons. The van der Waals surface area contributed by atoms with Crippen molar-refractivity contribution in [3.63, 3.8) is 0 Å². The van der Waals surface area contributed by atoms with Crippen LogP contribution in [0.15, 0.2) is 23.5 Å². The summed E-state index contributed by atoms with van der Waals surface area (Å²) in [6.07, 6.45) is 2.40. The molecule has 2 aromatic rings. The van der Waals surface area contributed by atoms with Gasteiger partial charge >= 0.3 is 25.6 Å². The number of aliphatic carboxylic acids is 1. The molecule has 21 heteroatoms. The highest BCUT2D eigenvalue weighted by Crippen LogP contribution is 2.37. The van der Waals surface area contributed by atoms with Crippen molar-refractivity contribution in [2.75, 3.05) is 34.9 Å². The molecule has 2 fully saturated rings. The largest absolute Gasteiger partial charge is 0.489 e. The summed E-state index contributed by atoms with van der Waals surface area (Å²) in [5.74, 6) is -1.80. The van der Waals surface area contributed by atoms with Gasteiger partial charge in [-0.2, -0.15) is 20.2 Å². The number of imide groups is 1. The number of carbonyl (C=O) groups is 3. The summed E-state index contributed by atoms with van der Waals surface area (Å²) < 4.78 is 35.1. The number of hydrogen-bond acceptors (Lipinski definition) is 13. The molecule has 2 aliphatic rings. The summed E-state index contributed by atoms with van der Waals surface area (Å²) in [4.78, 5) is 63.0. The molecule has 50 heavy (non-hydrogen) atoms. The number of nitrogens with one attached hydrogen (secondary N) is 3. The third-order valence-electron chi connectivity index (χ3n) is 6.30. The van der Waals surface area contributed by atoms with Crippen LogP contribution in [0, 0.1) is 17.1 Å². The van der Waals surface area contributed by atoms with Gasteiger partial charge in [0.05, 0.1) is 35.7 Å². The van der Waals surface area contributed by atoms with E-state index in [2.05, 4.69) is 37.0 Å². The smallest absolute Gasteiger partial charge is 0.427 e. The van der Waals surface area contributed by atoms with Crippen LogP contribution in [-0.4, -0.2) is 78.8 Å². The number of allylic oxidation sites excluding steroid dienone is 1. The van der Waals surface area contributed by atoms with Gasteiger partial charge in [-0.15, -0.1) is 0 Å². The molecule has 6 N–H and O–H groups in total. The van der Waals surface area contributed by atoms with E-state index in [9.17, 15) is 23.3 Å². The van der Waals surface area contributed by atoms with E-state index >= 15 is 0 Å². The first-order chi connectivity index (χ1) is 23.3. The highest BCUT2D eigenvalue weighted by molar-refractivity contribution is 7.51. The number of nitriles is 1.